The normalized spacial score (nSPS) is 12.9. The average molecular weight is 365 g/mol. The van der Waals surface area contributed by atoms with Crippen molar-refractivity contribution in [1.29, 1.82) is 0 Å². The van der Waals surface area contributed by atoms with Crippen LogP contribution in [-0.4, -0.2) is 32.7 Å². The molecule has 2 aromatic carbocycles. The molecule has 0 saturated heterocycles. The fraction of sp³-hybridized carbons (Fsp3) is 0.278. The molecule has 0 bridgehead atoms. The van der Waals surface area contributed by atoms with Gasteiger partial charge in [-0.3, -0.25) is 4.79 Å². The highest BCUT2D eigenvalue weighted by atomic mass is 35.5. The number of methoxy groups -OCH3 is 1. The Bertz CT molecular complexity index is 765. The number of rotatable bonds is 5. The van der Waals surface area contributed by atoms with Crippen LogP contribution in [0.25, 0.3) is 0 Å². The van der Waals surface area contributed by atoms with Gasteiger partial charge in [0.05, 0.1) is 17.2 Å². The molecule has 0 saturated carbocycles. The zero-order valence-electron chi connectivity index (χ0n) is 13.3. The zero-order valence-corrected chi connectivity index (χ0v) is 14.8. The van der Waals surface area contributed by atoms with Crippen LogP contribution in [0, 0.1) is 0 Å². The molecule has 126 valence electrons. The molecule has 3 rings (SSSR count). The van der Waals surface area contributed by atoms with Crippen molar-refractivity contribution in [2.75, 3.05) is 31.6 Å². The molecule has 0 aliphatic carbocycles. The topological polar surface area (TPSA) is 41.6 Å². The molecule has 1 aliphatic rings. The minimum Gasteiger partial charge on any atom is -0.494 e. The molecule has 0 radical (unpaired) electrons. The van der Waals surface area contributed by atoms with Crippen molar-refractivity contribution in [1.82, 2.24) is 5.32 Å². The first-order valence-electron chi connectivity index (χ1n) is 7.75. The Hall–Kier alpha value is -1.91. The summed E-state index contributed by atoms with van der Waals surface area (Å²) in [5.41, 5.74) is 2.86. The smallest absolute Gasteiger partial charge is 0.256 e. The standard InChI is InChI=1S/C18H18Cl2N2O2/c1-24-17-14(20)7-6-13(19)16(17)18(23)21-9-11-22-10-8-12-4-2-3-5-15(12)22/h2-7H,8-11H2,1H3,(H,21,23). The summed E-state index contributed by atoms with van der Waals surface area (Å²) < 4.78 is 5.22. The number of hydrogen-bond acceptors (Lipinski definition) is 3. The predicted molar refractivity (Wildman–Crippen MR) is 97.7 cm³/mol. The molecule has 1 heterocycles. The number of carbonyl (C=O) groups is 1. The van der Waals surface area contributed by atoms with Crippen LogP contribution in [-0.2, 0) is 6.42 Å². The van der Waals surface area contributed by atoms with Gasteiger partial charge in [0.1, 0.15) is 5.56 Å². The minimum absolute atomic E-state index is 0.272. The van der Waals surface area contributed by atoms with Crippen LogP contribution >= 0.6 is 23.2 Å². The minimum atomic E-state index is -0.285. The second-order valence-electron chi connectivity index (χ2n) is 5.56. The SMILES string of the molecule is COc1c(Cl)ccc(Cl)c1C(=O)NCCN1CCc2ccccc21. The number of ether oxygens (including phenoxy) is 1. The first-order chi connectivity index (χ1) is 11.6. The Labute approximate surface area is 151 Å². The summed E-state index contributed by atoms with van der Waals surface area (Å²) in [5.74, 6) is 0.0139. The Morgan fingerprint density at radius 2 is 1.96 bits per heavy atom. The number of para-hydroxylation sites is 1. The van der Waals surface area contributed by atoms with E-state index in [9.17, 15) is 4.79 Å². The summed E-state index contributed by atoms with van der Waals surface area (Å²) in [7, 11) is 1.47. The molecule has 24 heavy (non-hydrogen) atoms. The van der Waals surface area contributed by atoms with Crippen LogP contribution in [0.15, 0.2) is 36.4 Å². The average Bonchev–Trinajstić information content (AvgIpc) is 3.00. The lowest BCUT2D eigenvalue weighted by atomic mass is 10.2. The van der Waals surface area contributed by atoms with Crippen molar-refractivity contribution in [2.24, 2.45) is 0 Å². The van der Waals surface area contributed by atoms with E-state index in [1.165, 1.54) is 18.4 Å². The van der Waals surface area contributed by atoms with Gasteiger partial charge in [-0.25, -0.2) is 0 Å². The number of benzene rings is 2. The van der Waals surface area contributed by atoms with Gasteiger partial charge in [-0.2, -0.15) is 0 Å². The van der Waals surface area contributed by atoms with E-state index in [1.807, 2.05) is 6.07 Å². The summed E-state index contributed by atoms with van der Waals surface area (Å²) in [4.78, 5) is 14.7. The molecule has 0 unspecified atom stereocenters. The van der Waals surface area contributed by atoms with Crippen LogP contribution in [0.2, 0.25) is 10.0 Å². The monoisotopic (exact) mass is 364 g/mol. The second kappa shape index (κ2) is 7.32. The lowest BCUT2D eigenvalue weighted by Crippen LogP contribution is -2.34. The van der Waals surface area contributed by atoms with Crippen molar-refractivity contribution in [3.63, 3.8) is 0 Å². The third-order valence-electron chi connectivity index (χ3n) is 4.14. The van der Waals surface area contributed by atoms with Crippen LogP contribution in [0.1, 0.15) is 15.9 Å². The number of carbonyl (C=O) groups excluding carboxylic acids is 1. The highest BCUT2D eigenvalue weighted by molar-refractivity contribution is 6.37. The van der Waals surface area contributed by atoms with Crippen molar-refractivity contribution in [3.05, 3.63) is 57.6 Å². The van der Waals surface area contributed by atoms with Crippen molar-refractivity contribution in [2.45, 2.75) is 6.42 Å². The van der Waals surface area contributed by atoms with E-state index in [-0.39, 0.29) is 11.5 Å². The van der Waals surface area contributed by atoms with Gasteiger partial charge in [0.15, 0.2) is 5.75 Å². The number of fused-ring (bicyclic) bond motifs is 1. The highest BCUT2D eigenvalue weighted by Crippen LogP contribution is 2.33. The van der Waals surface area contributed by atoms with Gasteiger partial charge >= 0.3 is 0 Å². The van der Waals surface area contributed by atoms with Gasteiger partial charge in [-0.05, 0) is 30.2 Å². The number of halogens is 2. The van der Waals surface area contributed by atoms with E-state index < -0.39 is 0 Å². The lowest BCUT2D eigenvalue weighted by molar-refractivity contribution is 0.0952. The fourth-order valence-electron chi connectivity index (χ4n) is 2.98. The second-order valence-corrected chi connectivity index (χ2v) is 6.37. The van der Waals surface area contributed by atoms with Gasteiger partial charge in [-0.1, -0.05) is 41.4 Å². The van der Waals surface area contributed by atoms with Gasteiger partial charge in [0, 0.05) is 25.3 Å². The van der Waals surface area contributed by atoms with Crippen LogP contribution in [0.3, 0.4) is 0 Å². The predicted octanol–water partition coefficient (Wildman–Crippen LogP) is 3.79. The van der Waals surface area contributed by atoms with Crippen molar-refractivity contribution in [3.8, 4) is 5.75 Å². The molecule has 2 aromatic rings. The third-order valence-corrected chi connectivity index (χ3v) is 4.75. The molecule has 0 spiro atoms. The van der Waals surface area contributed by atoms with E-state index in [2.05, 4.69) is 28.4 Å². The molecule has 0 fully saturated rings. The van der Waals surface area contributed by atoms with Gasteiger partial charge < -0.3 is 15.0 Å². The quantitative estimate of drug-likeness (QED) is 0.877. The first kappa shape index (κ1) is 16.9. The zero-order chi connectivity index (χ0) is 17.1. The van der Waals surface area contributed by atoms with E-state index in [4.69, 9.17) is 27.9 Å². The van der Waals surface area contributed by atoms with Crippen molar-refractivity contribution >= 4 is 34.8 Å². The Morgan fingerprint density at radius 3 is 2.75 bits per heavy atom. The Morgan fingerprint density at radius 1 is 1.21 bits per heavy atom. The fourth-order valence-corrected chi connectivity index (χ4v) is 3.45. The molecule has 1 amide bonds. The van der Waals surface area contributed by atoms with E-state index in [1.54, 1.807) is 12.1 Å². The van der Waals surface area contributed by atoms with E-state index in [0.717, 1.165) is 19.5 Å². The number of anilines is 1. The molecule has 1 N–H and O–H groups in total. The first-order valence-corrected chi connectivity index (χ1v) is 8.50. The number of nitrogens with one attached hydrogen (secondary N) is 1. The van der Waals surface area contributed by atoms with Crippen LogP contribution in [0.4, 0.5) is 5.69 Å². The molecular formula is C18H18Cl2N2O2. The largest absolute Gasteiger partial charge is 0.494 e. The number of hydrogen-bond donors (Lipinski definition) is 1. The molecular weight excluding hydrogens is 347 g/mol. The summed E-state index contributed by atoms with van der Waals surface area (Å²) in [5, 5.41) is 3.58. The molecule has 0 atom stereocenters. The Balaban J connectivity index is 1.64. The van der Waals surface area contributed by atoms with Crippen LogP contribution < -0.4 is 15.0 Å². The number of nitrogens with zero attached hydrogens (tertiary/aromatic N) is 1. The van der Waals surface area contributed by atoms with Crippen LogP contribution in [0.5, 0.6) is 5.75 Å². The summed E-state index contributed by atoms with van der Waals surface area (Å²) in [6, 6.07) is 11.5. The van der Waals surface area contributed by atoms with Gasteiger partial charge in [0.25, 0.3) is 5.91 Å². The summed E-state index contributed by atoms with van der Waals surface area (Å²) in [6.07, 6.45) is 1.04. The summed E-state index contributed by atoms with van der Waals surface area (Å²) >= 11 is 12.2. The summed E-state index contributed by atoms with van der Waals surface area (Å²) in [6.45, 7) is 2.22. The molecule has 6 heteroatoms. The maximum atomic E-state index is 12.5. The third kappa shape index (κ3) is 3.30. The highest BCUT2D eigenvalue weighted by Gasteiger charge is 2.21. The Kier molecular flexibility index (Phi) is 5.17. The van der Waals surface area contributed by atoms with Crippen molar-refractivity contribution < 1.29 is 9.53 Å². The van der Waals surface area contributed by atoms with E-state index >= 15 is 0 Å². The molecule has 4 nitrogen and oxygen atoms in total. The lowest BCUT2D eigenvalue weighted by Gasteiger charge is -2.20. The van der Waals surface area contributed by atoms with Gasteiger partial charge in [0.2, 0.25) is 0 Å². The van der Waals surface area contributed by atoms with E-state index in [0.29, 0.717) is 22.3 Å². The molecule has 1 aliphatic heterocycles. The maximum Gasteiger partial charge on any atom is 0.256 e. The maximum absolute atomic E-state index is 12.5. The molecule has 0 aromatic heterocycles. The van der Waals surface area contributed by atoms with Gasteiger partial charge in [-0.15, -0.1) is 0 Å². The number of amides is 1.